The minimum Gasteiger partial charge on any atom is -0.469 e. The number of hydrogen-bond donors (Lipinski definition) is 0. The first kappa shape index (κ1) is 15.9. The lowest BCUT2D eigenvalue weighted by atomic mass is 10.3. The molecular formula is C11H13ClFNO4S. The Bertz CT molecular complexity index is 576. The Morgan fingerprint density at radius 3 is 2.68 bits per heavy atom. The van der Waals surface area contributed by atoms with Gasteiger partial charge in [0.05, 0.1) is 18.6 Å². The van der Waals surface area contributed by atoms with Crippen molar-refractivity contribution in [3.05, 3.63) is 29.0 Å². The largest absolute Gasteiger partial charge is 0.469 e. The number of carbonyl (C=O) groups excluding carboxylic acids is 1. The number of methoxy groups -OCH3 is 1. The Labute approximate surface area is 116 Å². The summed E-state index contributed by atoms with van der Waals surface area (Å²) in [6, 6.07) is 3.07. The fraction of sp³-hybridized carbons (Fsp3) is 0.364. The van der Waals surface area contributed by atoms with Crippen LogP contribution >= 0.6 is 11.6 Å². The summed E-state index contributed by atoms with van der Waals surface area (Å²) in [5, 5.41) is -0.0775. The Morgan fingerprint density at radius 2 is 2.11 bits per heavy atom. The Hall–Kier alpha value is -1.18. The number of halogens is 2. The Morgan fingerprint density at radius 1 is 1.47 bits per heavy atom. The van der Waals surface area contributed by atoms with Crippen molar-refractivity contribution in [1.82, 2.24) is 4.31 Å². The SMILES string of the molecule is COC(=O)CCN(C)S(=O)(=O)c1cc(F)ccc1Cl. The summed E-state index contributed by atoms with van der Waals surface area (Å²) in [4.78, 5) is 10.6. The molecule has 5 nitrogen and oxygen atoms in total. The fourth-order valence-electron chi connectivity index (χ4n) is 1.31. The normalized spacial score (nSPS) is 11.6. The van der Waals surface area contributed by atoms with Crippen LogP contribution in [0.3, 0.4) is 0 Å². The predicted octanol–water partition coefficient (Wildman–Crippen LogP) is 1.66. The number of rotatable bonds is 5. The van der Waals surface area contributed by atoms with Crippen LogP contribution in [0.2, 0.25) is 5.02 Å². The van der Waals surface area contributed by atoms with Gasteiger partial charge in [-0.3, -0.25) is 4.79 Å². The van der Waals surface area contributed by atoms with Crippen LogP contribution in [0.15, 0.2) is 23.1 Å². The molecule has 1 rings (SSSR count). The molecule has 0 unspecified atom stereocenters. The van der Waals surface area contributed by atoms with Crippen LogP contribution in [-0.2, 0) is 19.6 Å². The van der Waals surface area contributed by atoms with Gasteiger partial charge >= 0.3 is 5.97 Å². The summed E-state index contributed by atoms with van der Waals surface area (Å²) in [6.07, 6.45) is -0.0981. The van der Waals surface area contributed by atoms with Crippen molar-refractivity contribution in [1.29, 1.82) is 0 Å². The monoisotopic (exact) mass is 309 g/mol. The van der Waals surface area contributed by atoms with Crippen molar-refractivity contribution in [3.8, 4) is 0 Å². The van der Waals surface area contributed by atoms with E-state index in [0.29, 0.717) is 0 Å². The van der Waals surface area contributed by atoms with Gasteiger partial charge in [0.2, 0.25) is 10.0 Å². The second-order valence-corrected chi connectivity index (χ2v) is 6.15. The van der Waals surface area contributed by atoms with E-state index in [1.807, 2.05) is 0 Å². The maximum absolute atomic E-state index is 13.1. The smallest absolute Gasteiger partial charge is 0.306 e. The van der Waals surface area contributed by atoms with Gasteiger partial charge in [-0.05, 0) is 18.2 Å². The first-order chi connectivity index (χ1) is 8.78. The molecule has 0 radical (unpaired) electrons. The van der Waals surface area contributed by atoms with Gasteiger partial charge in [-0.1, -0.05) is 11.6 Å². The zero-order chi connectivity index (χ0) is 14.6. The van der Waals surface area contributed by atoms with E-state index in [-0.39, 0.29) is 22.9 Å². The predicted molar refractivity (Wildman–Crippen MR) is 67.9 cm³/mol. The maximum atomic E-state index is 13.1. The van der Waals surface area contributed by atoms with Crippen molar-refractivity contribution >= 4 is 27.6 Å². The lowest BCUT2D eigenvalue weighted by molar-refractivity contribution is -0.140. The van der Waals surface area contributed by atoms with Crippen LogP contribution in [0.1, 0.15) is 6.42 Å². The molecule has 0 saturated carbocycles. The molecule has 0 fully saturated rings. The lowest BCUT2D eigenvalue weighted by Crippen LogP contribution is -2.29. The van der Waals surface area contributed by atoms with Crippen LogP contribution < -0.4 is 0 Å². The second kappa shape index (κ2) is 6.31. The molecule has 1 aromatic rings. The van der Waals surface area contributed by atoms with E-state index in [0.717, 1.165) is 22.5 Å². The summed E-state index contributed by atoms with van der Waals surface area (Å²) < 4.78 is 42.7. The topological polar surface area (TPSA) is 63.7 Å². The average molecular weight is 310 g/mol. The number of sulfonamides is 1. The minimum atomic E-state index is -3.94. The van der Waals surface area contributed by atoms with Crippen LogP contribution in [0.5, 0.6) is 0 Å². The van der Waals surface area contributed by atoms with Gasteiger partial charge in [0.15, 0.2) is 0 Å². The summed E-state index contributed by atoms with van der Waals surface area (Å²) in [7, 11) is -1.46. The number of ether oxygens (including phenoxy) is 1. The van der Waals surface area contributed by atoms with Gasteiger partial charge in [-0.2, -0.15) is 0 Å². The minimum absolute atomic E-state index is 0.0775. The van der Waals surface area contributed by atoms with Crippen molar-refractivity contribution in [3.63, 3.8) is 0 Å². The van der Waals surface area contributed by atoms with E-state index in [1.165, 1.54) is 14.2 Å². The second-order valence-electron chi connectivity index (χ2n) is 3.73. The summed E-state index contributed by atoms with van der Waals surface area (Å²) in [5.74, 6) is -1.24. The number of nitrogens with zero attached hydrogens (tertiary/aromatic N) is 1. The first-order valence-electron chi connectivity index (χ1n) is 5.27. The van der Waals surface area contributed by atoms with Crippen LogP contribution in [-0.4, -0.2) is 39.4 Å². The van der Waals surface area contributed by atoms with Crippen LogP contribution in [0, 0.1) is 5.82 Å². The molecular weight excluding hydrogens is 297 g/mol. The first-order valence-corrected chi connectivity index (χ1v) is 7.09. The Kier molecular flexibility index (Phi) is 5.28. The number of carbonyl (C=O) groups is 1. The number of esters is 1. The van der Waals surface area contributed by atoms with Gasteiger partial charge in [0.1, 0.15) is 10.7 Å². The van der Waals surface area contributed by atoms with Gasteiger partial charge < -0.3 is 4.74 Å². The van der Waals surface area contributed by atoms with Crippen molar-refractivity contribution in [2.24, 2.45) is 0 Å². The molecule has 0 aliphatic rings. The number of hydrogen-bond acceptors (Lipinski definition) is 4. The summed E-state index contributed by atoms with van der Waals surface area (Å²) in [5.41, 5.74) is 0. The van der Waals surface area contributed by atoms with E-state index in [2.05, 4.69) is 4.74 Å². The highest BCUT2D eigenvalue weighted by molar-refractivity contribution is 7.89. The third-order valence-corrected chi connectivity index (χ3v) is 4.78. The van der Waals surface area contributed by atoms with E-state index >= 15 is 0 Å². The molecule has 0 aliphatic heterocycles. The van der Waals surface area contributed by atoms with E-state index < -0.39 is 21.8 Å². The molecule has 0 N–H and O–H groups in total. The molecule has 0 aromatic heterocycles. The molecule has 0 atom stereocenters. The standard InChI is InChI=1S/C11H13ClFNO4S/c1-14(6-5-11(15)18-2)19(16,17)10-7-8(13)3-4-9(10)12/h3-4,7H,5-6H2,1-2H3. The van der Waals surface area contributed by atoms with E-state index in [9.17, 15) is 17.6 Å². The third kappa shape index (κ3) is 3.89. The van der Waals surface area contributed by atoms with Crippen molar-refractivity contribution in [2.45, 2.75) is 11.3 Å². The van der Waals surface area contributed by atoms with Crippen molar-refractivity contribution in [2.75, 3.05) is 20.7 Å². The number of benzene rings is 1. The highest BCUT2D eigenvalue weighted by Crippen LogP contribution is 2.24. The van der Waals surface area contributed by atoms with Gasteiger partial charge in [0.25, 0.3) is 0 Å². The molecule has 106 valence electrons. The molecule has 0 amide bonds. The molecule has 19 heavy (non-hydrogen) atoms. The summed E-state index contributed by atoms with van der Waals surface area (Å²) in [6.45, 7) is -0.0815. The molecule has 0 heterocycles. The quantitative estimate of drug-likeness (QED) is 0.776. The molecule has 0 bridgehead atoms. The zero-order valence-corrected chi connectivity index (χ0v) is 12.0. The highest BCUT2D eigenvalue weighted by atomic mass is 35.5. The van der Waals surface area contributed by atoms with Gasteiger partial charge in [-0.25, -0.2) is 17.1 Å². The highest BCUT2D eigenvalue weighted by Gasteiger charge is 2.24. The Balaban J connectivity index is 2.97. The maximum Gasteiger partial charge on any atom is 0.306 e. The molecule has 0 aliphatic carbocycles. The zero-order valence-electron chi connectivity index (χ0n) is 10.4. The van der Waals surface area contributed by atoms with Crippen molar-refractivity contribution < 1.29 is 22.3 Å². The fourth-order valence-corrected chi connectivity index (χ4v) is 2.97. The van der Waals surface area contributed by atoms with E-state index in [1.54, 1.807) is 0 Å². The van der Waals surface area contributed by atoms with Crippen LogP contribution in [0.25, 0.3) is 0 Å². The molecule has 0 spiro atoms. The third-order valence-electron chi connectivity index (χ3n) is 2.44. The molecule has 1 aromatic carbocycles. The van der Waals surface area contributed by atoms with Gasteiger partial charge in [0, 0.05) is 13.6 Å². The van der Waals surface area contributed by atoms with E-state index in [4.69, 9.17) is 11.6 Å². The average Bonchev–Trinajstić information content (AvgIpc) is 2.37. The van der Waals surface area contributed by atoms with Crippen LogP contribution in [0.4, 0.5) is 4.39 Å². The molecule has 8 heteroatoms. The van der Waals surface area contributed by atoms with Gasteiger partial charge in [-0.15, -0.1) is 0 Å². The lowest BCUT2D eigenvalue weighted by Gasteiger charge is -2.17. The molecule has 0 saturated heterocycles. The summed E-state index contributed by atoms with van der Waals surface area (Å²) >= 11 is 5.75.